The predicted molar refractivity (Wildman–Crippen MR) is 100 cm³/mol. The molecule has 2 aliphatic rings. The zero-order valence-electron chi connectivity index (χ0n) is 14.7. The minimum Gasteiger partial charge on any atom is -0.478 e. The Balaban J connectivity index is 1.76. The molecule has 1 aliphatic carbocycles. The standard InChI is InChI=1S/C23H15FO4/c24-16-9-7-13(8-10-16)20-17-3-1-2-4-18(17)21(22(20)23(25)26)14-5-6-15-12-27-28-19(15)11-14/h1-11,20H,12H2,(H,25,26). The zero-order chi connectivity index (χ0) is 19.3. The molecule has 5 rings (SSSR count). The fraction of sp³-hybridized carbons (Fsp3) is 0.0870. The first kappa shape index (κ1) is 16.7. The number of fused-ring (bicyclic) bond motifs is 2. The van der Waals surface area contributed by atoms with Crippen molar-refractivity contribution in [1.82, 2.24) is 0 Å². The number of rotatable bonds is 3. The van der Waals surface area contributed by atoms with Crippen LogP contribution < -0.4 is 4.89 Å². The molecular weight excluding hydrogens is 359 g/mol. The first-order valence-electron chi connectivity index (χ1n) is 8.88. The van der Waals surface area contributed by atoms with Crippen molar-refractivity contribution in [3.05, 3.63) is 106 Å². The summed E-state index contributed by atoms with van der Waals surface area (Å²) in [5.74, 6) is -1.24. The summed E-state index contributed by atoms with van der Waals surface area (Å²) in [6.07, 6.45) is 0. The summed E-state index contributed by atoms with van der Waals surface area (Å²) in [4.78, 5) is 22.6. The second-order valence-electron chi connectivity index (χ2n) is 6.83. The highest BCUT2D eigenvalue weighted by atomic mass is 19.1. The summed E-state index contributed by atoms with van der Waals surface area (Å²) >= 11 is 0. The fourth-order valence-electron chi connectivity index (χ4n) is 4.03. The fourth-order valence-corrected chi connectivity index (χ4v) is 4.03. The molecule has 0 radical (unpaired) electrons. The van der Waals surface area contributed by atoms with Gasteiger partial charge in [0.15, 0.2) is 5.75 Å². The van der Waals surface area contributed by atoms with E-state index < -0.39 is 11.9 Å². The Morgan fingerprint density at radius 1 is 1.04 bits per heavy atom. The molecule has 5 heteroatoms. The van der Waals surface area contributed by atoms with Gasteiger partial charge >= 0.3 is 5.97 Å². The lowest BCUT2D eigenvalue weighted by Gasteiger charge is -2.15. The van der Waals surface area contributed by atoms with Crippen LogP contribution in [0.1, 0.15) is 33.7 Å². The Bertz CT molecular complexity index is 1130. The Morgan fingerprint density at radius 3 is 2.61 bits per heavy atom. The quantitative estimate of drug-likeness (QED) is 0.676. The van der Waals surface area contributed by atoms with Crippen molar-refractivity contribution < 1.29 is 24.1 Å². The average molecular weight is 374 g/mol. The van der Waals surface area contributed by atoms with Crippen molar-refractivity contribution in [3.8, 4) is 5.75 Å². The molecule has 0 fully saturated rings. The number of benzene rings is 3. The number of carboxylic acids is 1. The lowest BCUT2D eigenvalue weighted by atomic mass is 9.88. The number of hydrogen-bond donors (Lipinski definition) is 1. The van der Waals surface area contributed by atoms with E-state index in [1.807, 2.05) is 42.5 Å². The van der Waals surface area contributed by atoms with Gasteiger partial charge < -0.3 is 9.99 Å². The van der Waals surface area contributed by atoms with Crippen LogP contribution in [0.15, 0.2) is 72.3 Å². The van der Waals surface area contributed by atoms with Gasteiger partial charge in [-0.15, -0.1) is 0 Å². The highest BCUT2D eigenvalue weighted by Gasteiger charge is 2.37. The second kappa shape index (κ2) is 6.32. The number of aliphatic carboxylic acids is 1. The van der Waals surface area contributed by atoms with Crippen LogP contribution in [0.4, 0.5) is 4.39 Å². The van der Waals surface area contributed by atoms with Crippen molar-refractivity contribution in [2.45, 2.75) is 12.5 Å². The van der Waals surface area contributed by atoms with E-state index >= 15 is 0 Å². The van der Waals surface area contributed by atoms with Gasteiger partial charge in [0.25, 0.3) is 0 Å². The molecule has 3 aromatic carbocycles. The average Bonchev–Trinajstić information content (AvgIpc) is 3.30. The maximum absolute atomic E-state index is 13.4. The topological polar surface area (TPSA) is 55.8 Å². The maximum atomic E-state index is 13.4. The van der Waals surface area contributed by atoms with Crippen LogP contribution in [0.25, 0.3) is 5.57 Å². The first-order valence-corrected chi connectivity index (χ1v) is 8.88. The third-order valence-electron chi connectivity index (χ3n) is 5.25. The molecule has 0 bridgehead atoms. The van der Waals surface area contributed by atoms with Crippen molar-refractivity contribution in [1.29, 1.82) is 0 Å². The lowest BCUT2D eigenvalue weighted by molar-refractivity contribution is -0.194. The molecule has 138 valence electrons. The molecular formula is C23H15FO4. The van der Waals surface area contributed by atoms with Gasteiger partial charge in [-0.3, -0.25) is 0 Å². The molecule has 4 nitrogen and oxygen atoms in total. The summed E-state index contributed by atoms with van der Waals surface area (Å²) in [5.41, 5.74) is 5.07. The molecule has 0 aromatic heterocycles. The van der Waals surface area contributed by atoms with Gasteiger partial charge in [-0.05, 0) is 40.5 Å². The number of hydrogen-bond acceptors (Lipinski definition) is 3. The van der Waals surface area contributed by atoms with E-state index in [1.54, 1.807) is 12.1 Å². The Labute approximate surface area is 160 Å². The molecule has 1 aliphatic heterocycles. The largest absolute Gasteiger partial charge is 0.478 e. The number of carboxylic acid groups (broad SMARTS) is 1. The normalized spacial score (nSPS) is 17.2. The first-order chi connectivity index (χ1) is 13.6. The summed E-state index contributed by atoms with van der Waals surface area (Å²) < 4.78 is 13.4. The lowest BCUT2D eigenvalue weighted by Crippen LogP contribution is -2.10. The van der Waals surface area contributed by atoms with Crippen LogP contribution in [-0.4, -0.2) is 11.1 Å². The summed E-state index contributed by atoms with van der Waals surface area (Å²) in [6, 6.07) is 19.2. The van der Waals surface area contributed by atoms with Crippen LogP contribution in [0.3, 0.4) is 0 Å². The van der Waals surface area contributed by atoms with Gasteiger partial charge in [0.05, 0.1) is 5.57 Å². The third kappa shape index (κ3) is 2.52. The Hall–Kier alpha value is -3.44. The Kier molecular flexibility index (Phi) is 3.77. The van der Waals surface area contributed by atoms with Crippen molar-refractivity contribution >= 4 is 11.5 Å². The van der Waals surface area contributed by atoms with Crippen molar-refractivity contribution in [2.24, 2.45) is 0 Å². The van der Waals surface area contributed by atoms with E-state index in [1.165, 1.54) is 12.1 Å². The predicted octanol–water partition coefficient (Wildman–Crippen LogP) is 4.68. The summed E-state index contributed by atoms with van der Waals surface area (Å²) in [6.45, 7) is 0.370. The van der Waals surface area contributed by atoms with Crippen molar-refractivity contribution in [3.63, 3.8) is 0 Å². The number of halogens is 1. The molecule has 3 aromatic rings. The van der Waals surface area contributed by atoms with Crippen LogP contribution in [0.5, 0.6) is 5.75 Å². The molecule has 1 unspecified atom stereocenters. The van der Waals surface area contributed by atoms with Crippen LogP contribution in [0.2, 0.25) is 0 Å². The molecule has 0 saturated heterocycles. The summed E-state index contributed by atoms with van der Waals surface area (Å²) in [5, 5.41) is 10.1. The second-order valence-corrected chi connectivity index (χ2v) is 6.83. The van der Waals surface area contributed by atoms with Gasteiger partial charge in [-0.25, -0.2) is 9.18 Å². The van der Waals surface area contributed by atoms with Crippen LogP contribution >= 0.6 is 0 Å². The monoisotopic (exact) mass is 374 g/mol. The highest BCUT2D eigenvalue weighted by molar-refractivity contribution is 6.06. The van der Waals surface area contributed by atoms with Gasteiger partial charge in [0.1, 0.15) is 12.4 Å². The smallest absolute Gasteiger partial charge is 0.333 e. The van der Waals surface area contributed by atoms with Gasteiger partial charge in [-0.2, -0.15) is 4.89 Å². The van der Waals surface area contributed by atoms with Crippen molar-refractivity contribution in [2.75, 3.05) is 0 Å². The van der Waals surface area contributed by atoms with E-state index in [2.05, 4.69) is 0 Å². The Morgan fingerprint density at radius 2 is 1.82 bits per heavy atom. The van der Waals surface area contributed by atoms with E-state index in [-0.39, 0.29) is 11.4 Å². The van der Waals surface area contributed by atoms with Gasteiger partial charge in [0.2, 0.25) is 0 Å². The van der Waals surface area contributed by atoms with E-state index in [0.29, 0.717) is 17.9 Å². The van der Waals surface area contributed by atoms with Gasteiger partial charge in [-0.1, -0.05) is 48.5 Å². The zero-order valence-corrected chi connectivity index (χ0v) is 14.7. The van der Waals surface area contributed by atoms with Crippen LogP contribution in [0, 0.1) is 5.82 Å². The molecule has 1 heterocycles. The third-order valence-corrected chi connectivity index (χ3v) is 5.25. The molecule has 0 saturated carbocycles. The van der Waals surface area contributed by atoms with Crippen LogP contribution in [-0.2, 0) is 16.3 Å². The van der Waals surface area contributed by atoms with Gasteiger partial charge in [0, 0.05) is 17.1 Å². The van der Waals surface area contributed by atoms with E-state index in [9.17, 15) is 14.3 Å². The number of carbonyl (C=O) groups is 1. The highest BCUT2D eigenvalue weighted by Crippen LogP contribution is 2.48. The minimum atomic E-state index is -1.00. The van der Waals surface area contributed by atoms with E-state index in [0.717, 1.165) is 27.8 Å². The minimum absolute atomic E-state index is 0.270. The summed E-state index contributed by atoms with van der Waals surface area (Å²) in [7, 11) is 0. The maximum Gasteiger partial charge on any atom is 0.333 e. The molecule has 1 N–H and O–H groups in total. The molecule has 1 atom stereocenters. The van der Waals surface area contributed by atoms with E-state index in [4.69, 9.17) is 9.78 Å². The molecule has 0 spiro atoms. The SMILES string of the molecule is O=C(O)C1=C(c2ccc3c(c2)OOC3)c2ccccc2C1c1ccc(F)cc1. The molecule has 28 heavy (non-hydrogen) atoms. The molecule has 0 amide bonds.